The molecule has 0 bridgehead atoms. The van der Waals surface area contributed by atoms with Gasteiger partial charge in [0.2, 0.25) is 0 Å². The topological polar surface area (TPSA) is 75.3 Å². The number of phenols is 1. The lowest BCUT2D eigenvalue weighted by molar-refractivity contribution is 0.0934. The van der Waals surface area contributed by atoms with E-state index in [0.717, 1.165) is 12.1 Å². The lowest BCUT2D eigenvalue weighted by Crippen LogP contribution is -2.39. The van der Waals surface area contributed by atoms with Crippen LogP contribution in [0.3, 0.4) is 0 Å². The van der Waals surface area contributed by atoms with Gasteiger partial charge in [0, 0.05) is 18.7 Å². The van der Waals surface area contributed by atoms with E-state index in [4.69, 9.17) is 5.73 Å². The molecular weight excluding hydrogens is 211 g/mol. The van der Waals surface area contributed by atoms with Gasteiger partial charge in [0.25, 0.3) is 5.91 Å². The first-order valence-corrected chi connectivity index (χ1v) is 5.08. The molecule has 0 fully saturated rings. The Morgan fingerprint density at radius 3 is 2.81 bits per heavy atom. The fourth-order valence-electron chi connectivity index (χ4n) is 1.29. The van der Waals surface area contributed by atoms with Crippen LogP contribution in [0.4, 0.5) is 4.39 Å². The maximum absolute atomic E-state index is 12.7. The summed E-state index contributed by atoms with van der Waals surface area (Å²) < 4.78 is 12.7. The Balaban J connectivity index is 2.80. The zero-order chi connectivity index (χ0) is 12.1. The Morgan fingerprint density at radius 2 is 2.31 bits per heavy atom. The van der Waals surface area contributed by atoms with Crippen LogP contribution < -0.4 is 11.1 Å². The molecule has 0 radical (unpaired) electrons. The van der Waals surface area contributed by atoms with Gasteiger partial charge in [-0.1, -0.05) is 6.92 Å². The van der Waals surface area contributed by atoms with Crippen LogP contribution in [0.5, 0.6) is 5.75 Å². The molecular formula is C11H15FN2O2. The first-order chi connectivity index (χ1) is 7.58. The third-order valence-electron chi connectivity index (χ3n) is 2.32. The van der Waals surface area contributed by atoms with Gasteiger partial charge in [-0.2, -0.15) is 0 Å². The van der Waals surface area contributed by atoms with Crippen molar-refractivity contribution in [1.29, 1.82) is 0 Å². The summed E-state index contributed by atoms with van der Waals surface area (Å²) in [6, 6.07) is 3.12. The molecule has 0 saturated carbocycles. The highest BCUT2D eigenvalue weighted by Gasteiger charge is 2.14. The van der Waals surface area contributed by atoms with Crippen molar-refractivity contribution in [2.75, 3.05) is 6.54 Å². The minimum absolute atomic E-state index is 0.0494. The number of benzene rings is 1. The van der Waals surface area contributed by atoms with Crippen LogP contribution >= 0.6 is 0 Å². The van der Waals surface area contributed by atoms with E-state index in [2.05, 4.69) is 5.32 Å². The molecule has 1 atom stereocenters. The molecule has 4 nitrogen and oxygen atoms in total. The molecule has 0 heterocycles. The number of hydrogen-bond acceptors (Lipinski definition) is 3. The first-order valence-electron chi connectivity index (χ1n) is 5.08. The minimum atomic E-state index is -0.583. The van der Waals surface area contributed by atoms with Crippen LogP contribution in [-0.4, -0.2) is 23.6 Å². The van der Waals surface area contributed by atoms with E-state index in [-0.39, 0.29) is 17.4 Å². The number of carbonyl (C=O) groups excluding carboxylic acids is 1. The Labute approximate surface area is 93.3 Å². The zero-order valence-electron chi connectivity index (χ0n) is 9.03. The van der Waals surface area contributed by atoms with Gasteiger partial charge in [0.15, 0.2) is 0 Å². The van der Waals surface area contributed by atoms with Gasteiger partial charge in [-0.05, 0) is 18.6 Å². The van der Waals surface area contributed by atoms with Crippen molar-refractivity contribution >= 4 is 5.91 Å². The Morgan fingerprint density at radius 1 is 1.62 bits per heavy atom. The second-order valence-corrected chi connectivity index (χ2v) is 3.48. The molecule has 0 saturated heterocycles. The van der Waals surface area contributed by atoms with E-state index in [9.17, 15) is 14.3 Å². The van der Waals surface area contributed by atoms with Crippen LogP contribution in [0.1, 0.15) is 23.7 Å². The minimum Gasteiger partial charge on any atom is -0.507 e. The highest BCUT2D eigenvalue weighted by Crippen LogP contribution is 2.17. The number of hydrogen-bond donors (Lipinski definition) is 3. The van der Waals surface area contributed by atoms with Crippen molar-refractivity contribution in [3.05, 3.63) is 29.6 Å². The molecule has 88 valence electrons. The molecule has 0 aliphatic rings. The van der Waals surface area contributed by atoms with E-state index in [0.29, 0.717) is 13.0 Å². The summed E-state index contributed by atoms with van der Waals surface area (Å²) in [4.78, 5) is 11.7. The summed E-state index contributed by atoms with van der Waals surface area (Å²) in [6.07, 6.45) is 0.699. The number of carbonyl (C=O) groups is 1. The van der Waals surface area contributed by atoms with Crippen molar-refractivity contribution in [3.8, 4) is 5.75 Å². The fraction of sp³-hybridized carbons (Fsp3) is 0.364. The highest BCUT2D eigenvalue weighted by molar-refractivity contribution is 5.96. The summed E-state index contributed by atoms with van der Waals surface area (Å²) in [5.74, 6) is -1.40. The van der Waals surface area contributed by atoms with Crippen molar-refractivity contribution in [3.63, 3.8) is 0 Å². The average Bonchev–Trinajstić information content (AvgIpc) is 2.25. The third-order valence-corrected chi connectivity index (χ3v) is 2.32. The molecule has 16 heavy (non-hydrogen) atoms. The van der Waals surface area contributed by atoms with Gasteiger partial charge >= 0.3 is 0 Å². The van der Waals surface area contributed by atoms with Gasteiger partial charge in [0.1, 0.15) is 11.6 Å². The second-order valence-electron chi connectivity index (χ2n) is 3.48. The standard InChI is InChI=1S/C11H15FN2O2/c1-2-8(6-13)14-11(16)9-4-3-7(12)5-10(9)15/h3-5,8,15H,2,6,13H2,1H3,(H,14,16). The fourth-order valence-corrected chi connectivity index (χ4v) is 1.29. The number of halogens is 1. The monoisotopic (exact) mass is 226 g/mol. The molecule has 4 N–H and O–H groups in total. The Bertz CT molecular complexity index is 378. The average molecular weight is 226 g/mol. The number of phenolic OH excluding ortho intramolecular Hbond substituents is 1. The maximum Gasteiger partial charge on any atom is 0.255 e. The van der Waals surface area contributed by atoms with Crippen molar-refractivity contribution in [2.45, 2.75) is 19.4 Å². The number of aromatic hydroxyl groups is 1. The lowest BCUT2D eigenvalue weighted by atomic mass is 10.1. The van der Waals surface area contributed by atoms with E-state index in [1.807, 2.05) is 6.92 Å². The van der Waals surface area contributed by atoms with E-state index in [1.165, 1.54) is 6.07 Å². The smallest absolute Gasteiger partial charge is 0.255 e. The Hall–Kier alpha value is -1.62. The Kier molecular flexibility index (Phi) is 4.25. The number of amides is 1. The largest absolute Gasteiger partial charge is 0.507 e. The quantitative estimate of drug-likeness (QED) is 0.717. The molecule has 5 heteroatoms. The molecule has 1 unspecified atom stereocenters. The first kappa shape index (κ1) is 12.4. The van der Waals surface area contributed by atoms with Crippen molar-refractivity contribution in [2.24, 2.45) is 5.73 Å². The second kappa shape index (κ2) is 5.46. The predicted octanol–water partition coefficient (Wildman–Crippen LogP) is 0.998. The number of nitrogens with one attached hydrogen (secondary N) is 1. The normalized spacial score (nSPS) is 12.2. The summed E-state index contributed by atoms with van der Waals surface area (Å²) in [5.41, 5.74) is 5.48. The highest BCUT2D eigenvalue weighted by atomic mass is 19.1. The van der Waals surface area contributed by atoms with Crippen molar-refractivity contribution < 1.29 is 14.3 Å². The van der Waals surface area contributed by atoms with Crippen molar-refractivity contribution in [1.82, 2.24) is 5.32 Å². The van der Waals surface area contributed by atoms with Crippen LogP contribution in [-0.2, 0) is 0 Å². The number of rotatable bonds is 4. The van der Waals surface area contributed by atoms with Crippen LogP contribution in [0.25, 0.3) is 0 Å². The van der Waals surface area contributed by atoms with Gasteiger partial charge in [-0.25, -0.2) is 4.39 Å². The van der Waals surface area contributed by atoms with Gasteiger partial charge < -0.3 is 16.2 Å². The lowest BCUT2D eigenvalue weighted by Gasteiger charge is -2.14. The summed E-state index contributed by atoms with van der Waals surface area (Å²) in [5, 5.41) is 12.0. The molecule has 1 rings (SSSR count). The zero-order valence-corrected chi connectivity index (χ0v) is 9.03. The summed E-state index contributed by atoms with van der Waals surface area (Å²) in [6.45, 7) is 2.21. The molecule has 1 aromatic rings. The van der Waals surface area contributed by atoms with E-state index in [1.54, 1.807) is 0 Å². The van der Waals surface area contributed by atoms with Gasteiger partial charge in [-0.3, -0.25) is 4.79 Å². The SMILES string of the molecule is CCC(CN)NC(=O)c1ccc(F)cc1O. The van der Waals surface area contributed by atoms with E-state index >= 15 is 0 Å². The molecule has 1 amide bonds. The third kappa shape index (κ3) is 2.93. The van der Waals surface area contributed by atoms with Gasteiger partial charge in [-0.15, -0.1) is 0 Å². The molecule has 0 aromatic heterocycles. The number of nitrogens with two attached hydrogens (primary N) is 1. The molecule has 0 spiro atoms. The molecule has 1 aromatic carbocycles. The summed E-state index contributed by atoms with van der Waals surface area (Å²) >= 11 is 0. The molecule has 0 aliphatic heterocycles. The van der Waals surface area contributed by atoms with Crippen LogP contribution in [0, 0.1) is 5.82 Å². The van der Waals surface area contributed by atoms with E-state index < -0.39 is 11.7 Å². The van der Waals surface area contributed by atoms with Crippen LogP contribution in [0.15, 0.2) is 18.2 Å². The maximum atomic E-state index is 12.7. The summed E-state index contributed by atoms with van der Waals surface area (Å²) in [7, 11) is 0. The predicted molar refractivity (Wildman–Crippen MR) is 58.7 cm³/mol. The molecule has 0 aliphatic carbocycles. The van der Waals surface area contributed by atoms with Gasteiger partial charge in [0.05, 0.1) is 5.56 Å². The van der Waals surface area contributed by atoms with Crippen LogP contribution in [0.2, 0.25) is 0 Å².